The first-order valence-corrected chi connectivity index (χ1v) is 11.7. The van der Waals surface area contributed by atoms with Crippen LogP contribution in [0, 0.1) is 17.8 Å². The van der Waals surface area contributed by atoms with E-state index in [0.717, 1.165) is 25.7 Å². The number of amides is 4. The third-order valence-electron chi connectivity index (χ3n) is 6.85. The minimum atomic E-state index is -0.820. The van der Waals surface area contributed by atoms with Gasteiger partial charge in [0, 0.05) is 32.6 Å². The number of imide groups is 1. The Kier molecular flexibility index (Phi) is 8.71. The fourth-order valence-electron chi connectivity index (χ4n) is 4.51. The molecule has 2 rings (SSSR count). The van der Waals surface area contributed by atoms with Gasteiger partial charge >= 0.3 is 6.03 Å². The van der Waals surface area contributed by atoms with E-state index in [1.807, 2.05) is 23.9 Å². The second-order valence-electron chi connectivity index (χ2n) is 9.97. The fourth-order valence-corrected chi connectivity index (χ4v) is 4.51. The number of piperidine rings is 1. The monoisotopic (exact) mass is 422 g/mol. The molecule has 0 radical (unpaired) electrons. The molecule has 4 amide bonds. The molecular formula is C23H42N4O3. The van der Waals surface area contributed by atoms with E-state index in [0.29, 0.717) is 50.9 Å². The van der Waals surface area contributed by atoms with Crippen molar-refractivity contribution in [2.45, 2.75) is 71.8 Å². The highest BCUT2D eigenvalue weighted by Crippen LogP contribution is 2.38. The van der Waals surface area contributed by atoms with Crippen molar-refractivity contribution in [1.82, 2.24) is 20.0 Å². The second-order valence-corrected chi connectivity index (χ2v) is 9.97. The van der Waals surface area contributed by atoms with E-state index in [2.05, 4.69) is 33.0 Å². The minimum absolute atomic E-state index is 0.0700. The zero-order valence-corrected chi connectivity index (χ0v) is 19.9. The predicted octanol–water partition coefficient (Wildman–Crippen LogP) is 2.95. The molecule has 2 aliphatic rings. The lowest BCUT2D eigenvalue weighted by Gasteiger charge is -2.41. The summed E-state index contributed by atoms with van der Waals surface area (Å²) in [7, 11) is 3.88. The topological polar surface area (TPSA) is 73.0 Å². The molecule has 0 spiro atoms. The van der Waals surface area contributed by atoms with Crippen molar-refractivity contribution in [1.29, 1.82) is 0 Å². The number of likely N-dealkylation sites (N-methyl/N-ethyl adjacent to an activating group) is 1. The molecule has 7 heteroatoms. The molecule has 0 aromatic heterocycles. The molecule has 2 fully saturated rings. The van der Waals surface area contributed by atoms with Crippen LogP contribution in [-0.2, 0) is 9.59 Å². The van der Waals surface area contributed by atoms with Gasteiger partial charge in [0.2, 0.25) is 5.91 Å². The SMILES string of the molecule is CC[C@@H](C)CC(=O)N1CCC([C@]2(CCC(C)C)NC(=O)N(CCN(C)C)C2=O)CC1. The van der Waals surface area contributed by atoms with Gasteiger partial charge in [0.15, 0.2) is 0 Å². The standard InChI is InChI=1S/C23H42N4O3/c1-7-18(4)16-20(28)26-12-9-19(10-13-26)23(11-8-17(2)3)21(29)27(22(30)24-23)15-14-25(5)6/h17-19H,7-16H2,1-6H3,(H,24,30)/t18-,23+/m1/s1. The number of carbonyl (C=O) groups is 3. The number of nitrogens with zero attached hydrogens (tertiary/aromatic N) is 3. The van der Waals surface area contributed by atoms with E-state index in [1.165, 1.54) is 4.90 Å². The molecule has 2 saturated heterocycles. The Bertz CT molecular complexity index is 614. The van der Waals surface area contributed by atoms with E-state index < -0.39 is 5.54 Å². The Hall–Kier alpha value is -1.63. The van der Waals surface area contributed by atoms with E-state index in [-0.39, 0.29) is 23.8 Å². The van der Waals surface area contributed by atoms with Gasteiger partial charge in [0.05, 0.1) is 0 Å². The maximum atomic E-state index is 13.5. The number of carbonyl (C=O) groups excluding carboxylic acids is 3. The molecule has 0 aromatic rings. The zero-order valence-electron chi connectivity index (χ0n) is 19.9. The van der Waals surface area contributed by atoms with E-state index in [4.69, 9.17) is 0 Å². The molecule has 0 bridgehead atoms. The van der Waals surface area contributed by atoms with Crippen LogP contribution in [0.1, 0.15) is 66.2 Å². The molecule has 2 heterocycles. The van der Waals surface area contributed by atoms with Crippen molar-refractivity contribution >= 4 is 17.8 Å². The van der Waals surface area contributed by atoms with Crippen LogP contribution in [0.3, 0.4) is 0 Å². The molecule has 30 heavy (non-hydrogen) atoms. The van der Waals surface area contributed by atoms with Crippen molar-refractivity contribution in [2.75, 3.05) is 40.3 Å². The summed E-state index contributed by atoms with van der Waals surface area (Å²) in [6.07, 6.45) is 4.67. The number of nitrogens with one attached hydrogen (secondary N) is 1. The molecule has 0 aliphatic carbocycles. The highest BCUT2D eigenvalue weighted by atomic mass is 16.2. The molecule has 7 nitrogen and oxygen atoms in total. The minimum Gasteiger partial charge on any atom is -0.343 e. The third kappa shape index (κ3) is 5.74. The first-order valence-electron chi connectivity index (χ1n) is 11.7. The summed E-state index contributed by atoms with van der Waals surface area (Å²) in [5.74, 6) is 1.07. The lowest BCUT2D eigenvalue weighted by Crippen LogP contribution is -2.56. The smallest absolute Gasteiger partial charge is 0.325 e. The van der Waals surface area contributed by atoms with Gasteiger partial charge in [-0.2, -0.15) is 0 Å². The van der Waals surface area contributed by atoms with Gasteiger partial charge in [-0.3, -0.25) is 14.5 Å². The quantitative estimate of drug-likeness (QED) is 0.550. The van der Waals surface area contributed by atoms with Gasteiger partial charge in [-0.15, -0.1) is 0 Å². The van der Waals surface area contributed by atoms with Crippen LogP contribution < -0.4 is 5.32 Å². The van der Waals surface area contributed by atoms with E-state index in [1.54, 1.807) is 0 Å². The second kappa shape index (κ2) is 10.6. The van der Waals surface area contributed by atoms with Crippen molar-refractivity contribution in [3.05, 3.63) is 0 Å². The predicted molar refractivity (Wildman–Crippen MR) is 119 cm³/mol. The fraction of sp³-hybridized carbons (Fsp3) is 0.870. The summed E-state index contributed by atoms with van der Waals surface area (Å²) in [6, 6.07) is -0.263. The van der Waals surface area contributed by atoms with Crippen LogP contribution in [0.25, 0.3) is 0 Å². The van der Waals surface area contributed by atoms with E-state index >= 15 is 0 Å². The number of likely N-dealkylation sites (tertiary alicyclic amines) is 1. The summed E-state index contributed by atoms with van der Waals surface area (Å²) < 4.78 is 0. The summed E-state index contributed by atoms with van der Waals surface area (Å²) in [5, 5.41) is 3.12. The highest BCUT2D eigenvalue weighted by molar-refractivity contribution is 6.07. The molecule has 172 valence electrons. The van der Waals surface area contributed by atoms with Crippen LogP contribution >= 0.6 is 0 Å². The van der Waals surface area contributed by atoms with Crippen LogP contribution in [0.2, 0.25) is 0 Å². The van der Waals surface area contributed by atoms with Crippen molar-refractivity contribution in [3.63, 3.8) is 0 Å². The highest BCUT2D eigenvalue weighted by Gasteiger charge is 2.55. The van der Waals surface area contributed by atoms with Crippen LogP contribution in [0.5, 0.6) is 0 Å². The number of urea groups is 1. The summed E-state index contributed by atoms with van der Waals surface area (Å²) in [6.45, 7) is 10.9. The Morgan fingerprint density at radius 1 is 1.20 bits per heavy atom. The average molecular weight is 423 g/mol. The largest absolute Gasteiger partial charge is 0.343 e. The van der Waals surface area contributed by atoms with Crippen LogP contribution in [-0.4, -0.2) is 78.4 Å². The van der Waals surface area contributed by atoms with Crippen LogP contribution in [0.15, 0.2) is 0 Å². The number of hydrogen-bond donors (Lipinski definition) is 1. The van der Waals surface area contributed by atoms with Crippen LogP contribution in [0.4, 0.5) is 4.79 Å². The van der Waals surface area contributed by atoms with Gasteiger partial charge in [-0.1, -0.05) is 34.1 Å². The normalized spacial score (nSPS) is 24.1. The maximum absolute atomic E-state index is 13.5. The Morgan fingerprint density at radius 2 is 1.83 bits per heavy atom. The van der Waals surface area contributed by atoms with E-state index in [9.17, 15) is 14.4 Å². The van der Waals surface area contributed by atoms with Gasteiger partial charge < -0.3 is 15.1 Å². The molecule has 2 atom stereocenters. The Labute approximate surface area is 182 Å². The van der Waals surface area contributed by atoms with Crippen molar-refractivity contribution in [2.24, 2.45) is 17.8 Å². The summed E-state index contributed by atoms with van der Waals surface area (Å²) in [4.78, 5) is 44.2. The summed E-state index contributed by atoms with van der Waals surface area (Å²) >= 11 is 0. The zero-order chi connectivity index (χ0) is 22.5. The van der Waals surface area contributed by atoms with Gasteiger partial charge in [-0.05, 0) is 57.5 Å². The first kappa shape index (κ1) is 24.6. The lowest BCUT2D eigenvalue weighted by molar-refractivity contribution is -0.136. The van der Waals surface area contributed by atoms with Crippen molar-refractivity contribution in [3.8, 4) is 0 Å². The van der Waals surface area contributed by atoms with Gasteiger partial charge in [0.1, 0.15) is 5.54 Å². The van der Waals surface area contributed by atoms with Gasteiger partial charge in [-0.25, -0.2) is 4.79 Å². The lowest BCUT2D eigenvalue weighted by atomic mass is 9.73. The molecule has 0 saturated carbocycles. The van der Waals surface area contributed by atoms with Gasteiger partial charge in [0.25, 0.3) is 5.91 Å². The molecule has 0 aromatic carbocycles. The third-order valence-corrected chi connectivity index (χ3v) is 6.85. The number of rotatable bonds is 10. The Balaban J connectivity index is 2.11. The molecule has 0 unspecified atom stereocenters. The summed E-state index contributed by atoms with van der Waals surface area (Å²) in [5.41, 5.74) is -0.820. The molecular weight excluding hydrogens is 380 g/mol. The Morgan fingerprint density at radius 3 is 2.37 bits per heavy atom. The molecule has 2 aliphatic heterocycles. The maximum Gasteiger partial charge on any atom is 0.325 e. The van der Waals surface area contributed by atoms with Crippen molar-refractivity contribution < 1.29 is 14.4 Å². The molecule has 1 N–H and O–H groups in total. The average Bonchev–Trinajstić information content (AvgIpc) is 2.95. The first-order chi connectivity index (χ1) is 14.1. The number of hydrogen-bond acceptors (Lipinski definition) is 4.